The van der Waals surface area contributed by atoms with Gasteiger partial charge < -0.3 is 0 Å². The Morgan fingerprint density at radius 1 is 1.09 bits per heavy atom. The summed E-state index contributed by atoms with van der Waals surface area (Å²) in [6, 6.07) is 10.8. The van der Waals surface area contributed by atoms with Crippen molar-refractivity contribution in [1.82, 2.24) is 0 Å². The Kier molecular flexibility index (Phi) is 5.14. The van der Waals surface area contributed by atoms with E-state index in [1.54, 1.807) is 12.1 Å². The Morgan fingerprint density at radius 3 is 2.39 bits per heavy atom. The fourth-order valence-corrected chi connectivity index (χ4v) is 2.63. The summed E-state index contributed by atoms with van der Waals surface area (Å²) in [7, 11) is 0. The first-order chi connectivity index (χ1) is 10.7. The van der Waals surface area contributed by atoms with Crippen molar-refractivity contribution in [3.8, 4) is 11.1 Å². The van der Waals surface area contributed by atoms with E-state index in [9.17, 15) is 22.0 Å². The van der Waals surface area contributed by atoms with Gasteiger partial charge in [0.2, 0.25) is 0 Å². The third-order valence-corrected chi connectivity index (χ3v) is 3.87. The monoisotopic (exact) mass is 391 g/mol. The van der Waals surface area contributed by atoms with Crippen molar-refractivity contribution < 1.29 is 22.0 Å². The van der Waals surface area contributed by atoms with E-state index in [0.717, 1.165) is 24.1 Å². The van der Waals surface area contributed by atoms with Crippen LogP contribution in [-0.2, 0) is 12.3 Å². The number of aryl methyl sites for hydroxylation is 1. The lowest BCUT2D eigenvalue weighted by Gasteiger charge is -2.20. The molecule has 1 radical (unpaired) electrons. The Bertz CT molecular complexity index is 692. The maximum Gasteiger partial charge on any atom is 0.458 e. The molecule has 0 fully saturated rings. The van der Waals surface area contributed by atoms with E-state index in [0.29, 0.717) is 22.0 Å². The maximum absolute atomic E-state index is 13.5. The van der Waals surface area contributed by atoms with Gasteiger partial charge in [0, 0.05) is 10.0 Å². The van der Waals surface area contributed by atoms with Gasteiger partial charge in [-0.25, -0.2) is 0 Å². The molecule has 2 aromatic carbocycles. The molecule has 0 saturated heterocycles. The second-order valence-corrected chi connectivity index (χ2v) is 5.98. The second kappa shape index (κ2) is 6.59. The van der Waals surface area contributed by atoms with Crippen LogP contribution in [0.1, 0.15) is 24.5 Å². The SMILES string of the molecule is CCCc1c[c]c(Br)cc1-c1cccc(C(F)(F)C(F)(F)F)c1. The summed E-state index contributed by atoms with van der Waals surface area (Å²) < 4.78 is 65.4. The molecule has 0 aliphatic carbocycles. The molecule has 0 saturated carbocycles. The van der Waals surface area contributed by atoms with Crippen LogP contribution in [-0.4, -0.2) is 6.18 Å². The first-order valence-corrected chi connectivity index (χ1v) is 7.71. The Hall–Kier alpha value is -1.43. The van der Waals surface area contributed by atoms with Gasteiger partial charge in [-0.05, 0) is 47.4 Å². The lowest BCUT2D eigenvalue weighted by molar-refractivity contribution is -0.289. The Labute approximate surface area is 139 Å². The lowest BCUT2D eigenvalue weighted by Crippen LogP contribution is -2.33. The van der Waals surface area contributed by atoms with E-state index in [-0.39, 0.29) is 0 Å². The van der Waals surface area contributed by atoms with Gasteiger partial charge >= 0.3 is 12.1 Å². The van der Waals surface area contributed by atoms with E-state index in [4.69, 9.17) is 0 Å². The van der Waals surface area contributed by atoms with Crippen molar-refractivity contribution in [2.75, 3.05) is 0 Å². The van der Waals surface area contributed by atoms with Crippen LogP contribution in [0.3, 0.4) is 0 Å². The maximum atomic E-state index is 13.5. The zero-order chi connectivity index (χ0) is 17.3. The normalized spacial score (nSPS) is 12.5. The molecule has 2 rings (SSSR count). The molecule has 23 heavy (non-hydrogen) atoms. The first kappa shape index (κ1) is 17.9. The largest absolute Gasteiger partial charge is 0.458 e. The summed E-state index contributed by atoms with van der Waals surface area (Å²) in [4.78, 5) is 0. The van der Waals surface area contributed by atoms with Crippen LogP contribution in [0.4, 0.5) is 22.0 Å². The molecule has 2 aromatic rings. The summed E-state index contributed by atoms with van der Waals surface area (Å²) in [5, 5.41) is 0. The van der Waals surface area contributed by atoms with Gasteiger partial charge in [-0.2, -0.15) is 22.0 Å². The average molecular weight is 392 g/mol. The van der Waals surface area contributed by atoms with Crippen molar-refractivity contribution >= 4 is 15.9 Å². The topological polar surface area (TPSA) is 0 Å². The fraction of sp³-hybridized carbons (Fsp3) is 0.294. The van der Waals surface area contributed by atoms with Crippen molar-refractivity contribution in [3.05, 3.63) is 58.1 Å². The Morgan fingerprint density at radius 2 is 1.78 bits per heavy atom. The van der Waals surface area contributed by atoms with E-state index in [1.165, 1.54) is 12.1 Å². The highest BCUT2D eigenvalue weighted by Crippen LogP contribution is 2.44. The molecule has 0 N–H and O–H groups in total. The van der Waals surface area contributed by atoms with Gasteiger partial charge in [0.1, 0.15) is 0 Å². The molecule has 0 aromatic heterocycles. The highest BCUT2D eigenvalue weighted by Gasteiger charge is 2.58. The van der Waals surface area contributed by atoms with Gasteiger partial charge in [0.25, 0.3) is 0 Å². The molecular weight excluding hydrogens is 379 g/mol. The van der Waals surface area contributed by atoms with Crippen molar-refractivity contribution in [2.45, 2.75) is 31.9 Å². The third-order valence-electron chi connectivity index (χ3n) is 3.41. The number of hydrogen-bond acceptors (Lipinski definition) is 0. The van der Waals surface area contributed by atoms with E-state index < -0.39 is 17.7 Å². The van der Waals surface area contributed by atoms with Crippen LogP contribution in [0.5, 0.6) is 0 Å². The summed E-state index contributed by atoms with van der Waals surface area (Å²) in [6.45, 7) is 1.96. The van der Waals surface area contributed by atoms with E-state index in [1.807, 2.05) is 6.92 Å². The van der Waals surface area contributed by atoms with Gasteiger partial charge in [0.05, 0.1) is 0 Å². The minimum Gasteiger partial charge on any atom is -0.191 e. The van der Waals surface area contributed by atoms with Crippen LogP contribution >= 0.6 is 15.9 Å². The standard InChI is InChI=1S/C17H13BrF5/c1-2-4-11-7-8-14(18)10-15(11)12-5-3-6-13(9-12)16(19,20)17(21,22)23/h3,5-7,9-10H,2,4H2,1H3. The summed E-state index contributed by atoms with van der Waals surface area (Å²) in [5.74, 6) is -4.88. The molecule has 123 valence electrons. The molecule has 0 aliphatic heterocycles. The molecule has 0 bridgehead atoms. The molecule has 0 spiro atoms. The highest BCUT2D eigenvalue weighted by atomic mass is 79.9. The molecule has 0 unspecified atom stereocenters. The second-order valence-electron chi connectivity index (χ2n) is 5.12. The number of benzene rings is 2. The predicted octanol–water partition coefficient (Wildman–Crippen LogP) is 6.52. The van der Waals surface area contributed by atoms with Crippen LogP contribution in [0, 0.1) is 6.07 Å². The molecule has 0 heterocycles. The van der Waals surface area contributed by atoms with Crippen molar-refractivity contribution in [1.29, 1.82) is 0 Å². The van der Waals surface area contributed by atoms with Crippen molar-refractivity contribution in [2.24, 2.45) is 0 Å². The third kappa shape index (κ3) is 3.74. The fourth-order valence-electron chi connectivity index (χ4n) is 2.29. The number of alkyl halides is 5. The van der Waals surface area contributed by atoms with Crippen LogP contribution in [0.2, 0.25) is 0 Å². The van der Waals surface area contributed by atoms with Crippen molar-refractivity contribution in [3.63, 3.8) is 0 Å². The van der Waals surface area contributed by atoms with Crippen LogP contribution in [0.15, 0.2) is 40.9 Å². The van der Waals surface area contributed by atoms with Gasteiger partial charge in [0.15, 0.2) is 0 Å². The summed E-state index contributed by atoms with van der Waals surface area (Å²) >= 11 is 3.25. The number of halogens is 6. The number of hydrogen-bond donors (Lipinski definition) is 0. The molecule has 0 nitrogen and oxygen atoms in total. The molecule has 0 atom stereocenters. The average Bonchev–Trinajstić information content (AvgIpc) is 2.48. The Balaban J connectivity index is 2.55. The molecule has 0 amide bonds. The predicted molar refractivity (Wildman–Crippen MR) is 82.4 cm³/mol. The zero-order valence-corrected chi connectivity index (χ0v) is 13.7. The van der Waals surface area contributed by atoms with Gasteiger partial charge in [-0.15, -0.1) is 0 Å². The minimum atomic E-state index is -5.62. The van der Waals surface area contributed by atoms with Gasteiger partial charge in [-0.1, -0.05) is 47.5 Å². The van der Waals surface area contributed by atoms with E-state index in [2.05, 4.69) is 22.0 Å². The minimum absolute atomic E-state index is 0.324. The van der Waals surface area contributed by atoms with Crippen LogP contribution < -0.4 is 0 Å². The lowest BCUT2D eigenvalue weighted by atomic mass is 9.94. The molecular formula is C17H13BrF5. The zero-order valence-electron chi connectivity index (χ0n) is 12.1. The summed E-state index contributed by atoms with van der Waals surface area (Å²) in [6.07, 6.45) is -4.12. The van der Waals surface area contributed by atoms with Gasteiger partial charge in [-0.3, -0.25) is 0 Å². The van der Waals surface area contributed by atoms with Crippen LogP contribution in [0.25, 0.3) is 11.1 Å². The number of rotatable bonds is 4. The van der Waals surface area contributed by atoms with E-state index >= 15 is 0 Å². The smallest absolute Gasteiger partial charge is 0.191 e. The quantitative estimate of drug-likeness (QED) is 0.520. The highest BCUT2D eigenvalue weighted by molar-refractivity contribution is 9.10. The summed E-state index contributed by atoms with van der Waals surface area (Å²) in [5.41, 5.74) is 0.735. The molecule has 6 heteroatoms. The first-order valence-electron chi connectivity index (χ1n) is 6.92. The molecule has 0 aliphatic rings.